The molecule has 0 radical (unpaired) electrons. The number of urea groups is 1. The van der Waals surface area contributed by atoms with Crippen LogP contribution in [0, 0.1) is 0 Å². The Morgan fingerprint density at radius 3 is 2.19 bits per heavy atom. The van der Waals surface area contributed by atoms with Gasteiger partial charge in [0.15, 0.2) is 0 Å². The maximum atomic E-state index is 13.8. The number of anilines is 1. The van der Waals surface area contributed by atoms with E-state index in [2.05, 4.69) is 41.6 Å². The van der Waals surface area contributed by atoms with Crippen LogP contribution in [0.4, 0.5) is 10.5 Å². The number of carbonyl (C=O) groups excluding carboxylic acids is 3. The predicted molar refractivity (Wildman–Crippen MR) is 190 cm³/mol. The molecule has 10 heteroatoms. The van der Waals surface area contributed by atoms with Gasteiger partial charge in [-0.1, -0.05) is 69.7 Å². The number of unbranched alkanes of at least 4 members (excludes halogenated alkanes) is 1. The number of carbonyl (C=O) groups is 3. The van der Waals surface area contributed by atoms with Crippen molar-refractivity contribution in [2.45, 2.75) is 79.0 Å². The molecule has 0 aliphatic rings. The van der Waals surface area contributed by atoms with Gasteiger partial charge < -0.3 is 35.1 Å². The molecule has 3 aromatic rings. The van der Waals surface area contributed by atoms with Crippen LogP contribution in [0.3, 0.4) is 0 Å². The van der Waals surface area contributed by atoms with E-state index in [1.54, 1.807) is 18.2 Å². The quantitative estimate of drug-likeness (QED) is 0.104. The van der Waals surface area contributed by atoms with Gasteiger partial charge in [-0.15, -0.1) is 0 Å². The average molecular weight is 661 g/mol. The first kappa shape index (κ1) is 37.9. The minimum absolute atomic E-state index is 0.228. The number of hydrogen-bond acceptors (Lipinski definition) is 7. The molecular weight excluding hydrogens is 608 g/mol. The lowest BCUT2D eigenvalue weighted by Gasteiger charge is -2.24. The molecule has 0 bridgehead atoms. The molecule has 0 saturated heterocycles. The zero-order chi connectivity index (χ0) is 34.9. The summed E-state index contributed by atoms with van der Waals surface area (Å²) in [7, 11) is 0. The molecule has 0 heterocycles. The van der Waals surface area contributed by atoms with Crippen LogP contribution >= 0.6 is 0 Å². The summed E-state index contributed by atoms with van der Waals surface area (Å²) in [6.07, 6.45) is 1.94. The van der Waals surface area contributed by atoms with Crippen molar-refractivity contribution in [1.82, 2.24) is 15.5 Å². The highest BCUT2D eigenvalue weighted by Gasteiger charge is 2.25. The summed E-state index contributed by atoms with van der Waals surface area (Å²) in [5, 5.41) is 8.62. The predicted octanol–water partition coefficient (Wildman–Crippen LogP) is 6.59. The van der Waals surface area contributed by atoms with Crippen LogP contribution in [0.2, 0.25) is 0 Å². The van der Waals surface area contributed by atoms with Gasteiger partial charge in [0.1, 0.15) is 30.8 Å². The van der Waals surface area contributed by atoms with Crippen molar-refractivity contribution >= 4 is 23.6 Å². The molecule has 3 rings (SSSR count). The van der Waals surface area contributed by atoms with Crippen LogP contribution in [0.25, 0.3) is 0 Å². The molecule has 3 amide bonds. The van der Waals surface area contributed by atoms with Gasteiger partial charge in [-0.3, -0.25) is 4.79 Å². The molecule has 0 unspecified atom stereocenters. The van der Waals surface area contributed by atoms with E-state index in [4.69, 9.17) is 14.2 Å². The van der Waals surface area contributed by atoms with Crippen LogP contribution in [0.15, 0.2) is 72.8 Å². The maximum absolute atomic E-state index is 13.8. The molecule has 3 aromatic carbocycles. The van der Waals surface area contributed by atoms with Crippen LogP contribution in [0.1, 0.15) is 75.9 Å². The Bertz CT molecular complexity index is 1440. The van der Waals surface area contributed by atoms with Gasteiger partial charge in [-0.05, 0) is 81.7 Å². The van der Waals surface area contributed by atoms with Crippen LogP contribution in [-0.4, -0.2) is 67.2 Å². The number of esters is 1. The summed E-state index contributed by atoms with van der Waals surface area (Å²) in [4.78, 5) is 41.7. The standard InChI is InChI=1S/C38H52N4O6/c1-7-10-23-46-34-26-30(36(44)47-24-22-42(8-2)9-3)18-21-32(34)39-35(43)33(40-37(45)41-38(4,5)6)25-28-16-19-31(20-17-28)48-27-29-14-12-11-13-15-29/h11-21,26,33H,7-10,22-25,27H2,1-6H3,(H,39,43)(H2,40,41,45)/t33-/m1/s1. The Morgan fingerprint density at radius 1 is 0.833 bits per heavy atom. The normalized spacial score (nSPS) is 11.8. The Morgan fingerprint density at radius 2 is 1.54 bits per heavy atom. The van der Waals surface area contributed by atoms with Gasteiger partial charge in [-0.2, -0.15) is 0 Å². The van der Waals surface area contributed by atoms with Crippen LogP contribution in [-0.2, 0) is 22.6 Å². The summed E-state index contributed by atoms with van der Waals surface area (Å²) >= 11 is 0. The van der Waals surface area contributed by atoms with Crippen molar-refractivity contribution in [3.05, 3.63) is 89.5 Å². The van der Waals surface area contributed by atoms with Crippen LogP contribution in [0.5, 0.6) is 11.5 Å². The SMILES string of the molecule is CCCCOc1cc(C(=O)OCCN(CC)CC)ccc1NC(=O)[C@@H](Cc1ccc(OCc2ccccc2)cc1)NC(=O)NC(C)(C)C. The molecule has 48 heavy (non-hydrogen) atoms. The van der Waals surface area contributed by atoms with Crippen molar-refractivity contribution in [3.63, 3.8) is 0 Å². The lowest BCUT2D eigenvalue weighted by Crippen LogP contribution is -2.53. The number of benzene rings is 3. The third-order valence-corrected chi connectivity index (χ3v) is 7.49. The lowest BCUT2D eigenvalue weighted by molar-refractivity contribution is -0.117. The Kier molecular flexibility index (Phi) is 15.2. The van der Waals surface area contributed by atoms with E-state index in [1.165, 1.54) is 0 Å². The fourth-order valence-electron chi connectivity index (χ4n) is 4.75. The van der Waals surface area contributed by atoms with Crippen molar-refractivity contribution in [1.29, 1.82) is 0 Å². The Hall–Kier alpha value is -4.57. The number of ether oxygens (including phenoxy) is 3. The van der Waals surface area contributed by atoms with Gasteiger partial charge in [-0.25, -0.2) is 9.59 Å². The maximum Gasteiger partial charge on any atom is 0.338 e. The third kappa shape index (κ3) is 13.3. The molecule has 0 saturated carbocycles. The second-order valence-electron chi connectivity index (χ2n) is 12.6. The van der Waals surface area contributed by atoms with Gasteiger partial charge in [0.05, 0.1) is 17.9 Å². The highest BCUT2D eigenvalue weighted by molar-refractivity contribution is 5.99. The minimum Gasteiger partial charge on any atom is -0.491 e. The van der Waals surface area contributed by atoms with E-state index in [0.717, 1.165) is 37.1 Å². The summed E-state index contributed by atoms with van der Waals surface area (Å²) < 4.78 is 17.4. The zero-order valence-electron chi connectivity index (χ0n) is 29.3. The molecule has 3 N–H and O–H groups in total. The van der Waals surface area contributed by atoms with Gasteiger partial charge >= 0.3 is 12.0 Å². The van der Waals surface area contributed by atoms with Gasteiger partial charge in [0, 0.05) is 18.5 Å². The molecule has 0 spiro atoms. The fourth-order valence-corrected chi connectivity index (χ4v) is 4.75. The fraction of sp³-hybridized carbons (Fsp3) is 0.447. The molecular formula is C38H52N4O6. The number of amides is 3. The van der Waals surface area contributed by atoms with Crippen molar-refractivity contribution < 1.29 is 28.6 Å². The van der Waals surface area contributed by atoms with E-state index < -0.39 is 29.5 Å². The Balaban J connectivity index is 1.76. The first-order valence-corrected chi connectivity index (χ1v) is 16.8. The number of rotatable bonds is 18. The molecule has 0 aliphatic heterocycles. The van der Waals surface area contributed by atoms with E-state index in [-0.39, 0.29) is 13.0 Å². The Labute approximate surface area is 285 Å². The lowest BCUT2D eigenvalue weighted by atomic mass is 10.0. The van der Waals surface area contributed by atoms with Gasteiger partial charge in [0.2, 0.25) is 5.91 Å². The van der Waals surface area contributed by atoms with Crippen molar-refractivity contribution in [3.8, 4) is 11.5 Å². The smallest absolute Gasteiger partial charge is 0.338 e. The zero-order valence-corrected chi connectivity index (χ0v) is 29.3. The molecule has 0 aliphatic carbocycles. The molecule has 260 valence electrons. The number of nitrogens with zero attached hydrogens (tertiary/aromatic N) is 1. The summed E-state index contributed by atoms with van der Waals surface area (Å²) in [5.41, 5.74) is 2.11. The molecule has 10 nitrogen and oxygen atoms in total. The highest BCUT2D eigenvalue weighted by atomic mass is 16.5. The van der Waals surface area contributed by atoms with Crippen molar-refractivity contribution in [2.75, 3.05) is 38.2 Å². The first-order chi connectivity index (χ1) is 23.0. The second-order valence-corrected chi connectivity index (χ2v) is 12.6. The second kappa shape index (κ2) is 19.3. The number of nitrogens with one attached hydrogen (secondary N) is 3. The molecule has 0 aromatic heterocycles. The topological polar surface area (TPSA) is 118 Å². The summed E-state index contributed by atoms with van der Waals surface area (Å²) in [5.74, 6) is 0.156. The monoisotopic (exact) mass is 660 g/mol. The third-order valence-electron chi connectivity index (χ3n) is 7.49. The largest absolute Gasteiger partial charge is 0.491 e. The van der Waals surface area contributed by atoms with E-state index in [1.807, 2.05) is 75.4 Å². The van der Waals surface area contributed by atoms with E-state index >= 15 is 0 Å². The van der Waals surface area contributed by atoms with Gasteiger partial charge in [0.25, 0.3) is 0 Å². The molecule has 0 fully saturated rings. The number of hydrogen-bond donors (Lipinski definition) is 3. The highest BCUT2D eigenvalue weighted by Crippen LogP contribution is 2.27. The summed E-state index contributed by atoms with van der Waals surface area (Å²) in [6.45, 7) is 15.3. The average Bonchev–Trinajstić information content (AvgIpc) is 3.06. The van der Waals surface area contributed by atoms with E-state index in [9.17, 15) is 14.4 Å². The van der Waals surface area contributed by atoms with E-state index in [0.29, 0.717) is 42.5 Å². The first-order valence-electron chi connectivity index (χ1n) is 16.8. The molecule has 1 atom stereocenters. The van der Waals surface area contributed by atoms with Crippen molar-refractivity contribution in [2.24, 2.45) is 0 Å². The van der Waals surface area contributed by atoms with Crippen LogP contribution < -0.4 is 25.4 Å². The summed E-state index contributed by atoms with van der Waals surface area (Å²) in [6, 6.07) is 20.8. The minimum atomic E-state index is -0.920. The number of likely N-dealkylation sites (N-methyl/N-ethyl adjacent to an activating group) is 1.